The molecule has 2 heteroatoms. The van der Waals surface area contributed by atoms with Crippen LogP contribution in [0.2, 0.25) is 0 Å². The van der Waals surface area contributed by atoms with Crippen LogP contribution in [-0.2, 0) is 0 Å². The van der Waals surface area contributed by atoms with Gasteiger partial charge < -0.3 is 4.42 Å². The van der Waals surface area contributed by atoms with Crippen molar-refractivity contribution in [2.24, 2.45) is 0 Å². The molecule has 0 amide bonds. The first-order chi connectivity index (χ1) is 14.7. The highest BCUT2D eigenvalue weighted by Crippen LogP contribution is 2.33. The molecule has 0 spiro atoms. The number of benzene rings is 5. The molecule has 6 aromatic rings. The van der Waals surface area contributed by atoms with E-state index in [9.17, 15) is 0 Å². The Labute approximate surface area is 176 Å². The van der Waals surface area contributed by atoms with E-state index in [1.165, 1.54) is 10.8 Å². The van der Waals surface area contributed by atoms with Gasteiger partial charge in [-0.2, -0.15) is 0 Å². The number of rotatable bonds is 2. The first kappa shape index (κ1) is 17.1. The molecule has 0 N–H and O–H groups in total. The Morgan fingerprint density at radius 3 is 2.00 bits per heavy atom. The second kappa shape index (κ2) is 6.64. The Hall–Kier alpha value is -3.78. The molecular weight excluding hydrogens is 363 g/mol. The zero-order valence-corrected chi connectivity index (χ0v) is 16.3. The lowest BCUT2D eigenvalue weighted by molar-refractivity contribution is 0.669. The fourth-order valence-corrected chi connectivity index (χ4v) is 4.26. The molecule has 0 fully saturated rings. The van der Waals surface area contributed by atoms with E-state index in [0.29, 0.717) is 0 Å². The summed E-state index contributed by atoms with van der Waals surface area (Å²) in [5, 5.41) is 4.72. The van der Waals surface area contributed by atoms with Crippen LogP contribution >= 0.6 is 0 Å². The van der Waals surface area contributed by atoms with Crippen LogP contribution in [0.5, 0.6) is 0 Å². The van der Waals surface area contributed by atoms with Gasteiger partial charge in [0.15, 0.2) is 0 Å². The van der Waals surface area contributed by atoms with Gasteiger partial charge in [-0.1, -0.05) is 78.3 Å². The van der Waals surface area contributed by atoms with Gasteiger partial charge in [0.1, 0.15) is 19.0 Å². The summed E-state index contributed by atoms with van der Waals surface area (Å²) in [6.07, 6.45) is 0. The van der Waals surface area contributed by atoms with E-state index in [2.05, 4.69) is 66.7 Å². The largest absolute Gasteiger partial charge is 0.456 e. The van der Waals surface area contributed by atoms with Gasteiger partial charge in [0.05, 0.1) is 0 Å². The van der Waals surface area contributed by atoms with Gasteiger partial charge in [0.2, 0.25) is 0 Å². The van der Waals surface area contributed by atoms with Gasteiger partial charge in [0.25, 0.3) is 0 Å². The fraction of sp³-hybridized carbons (Fsp3) is 0. The molecule has 0 aliphatic carbocycles. The van der Waals surface area contributed by atoms with Crippen LogP contribution < -0.4 is 5.46 Å². The topological polar surface area (TPSA) is 13.1 Å². The quantitative estimate of drug-likeness (QED) is 0.299. The molecule has 0 saturated carbocycles. The van der Waals surface area contributed by atoms with Crippen molar-refractivity contribution in [1.82, 2.24) is 0 Å². The smallest absolute Gasteiger partial charge is 0.135 e. The third-order valence-electron chi connectivity index (χ3n) is 5.75. The SMILES string of the molecule is [B]c1cc(-c2ccc3ccccc3c2)cc(-c2ccc3oc4ccccc4c3c2)c1. The van der Waals surface area contributed by atoms with Crippen molar-refractivity contribution in [3.63, 3.8) is 0 Å². The standard InChI is InChI=1S/C28H17BO/c29-24-15-22(20-10-9-18-5-1-2-6-19(18)13-20)14-23(16-24)21-11-12-28-26(17-21)25-7-3-4-8-27(25)30-28/h1-17H. The van der Waals surface area contributed by atoms with Gasteiger partial charge in [-0.25, -0.2) is 0 Å². The summed E-state index contributed by atoms with van der Waals surface area (Å²) in [5.74, 6) is 0. The highest BCUT2D eigenvalue weighted by Gasteiger charge is 2.09. The molecule has 138 valence electrons. The zero-order valence-electron chi connectivity index (χ0n) is 16.3. The zero-order chi connectivity index (χ0) is 20.1. The molecule has 30 heavy (non-hydrogen) atoms. The minimum atomic E-state index is 0.757. The van der Waals surface area contributed by atoms with E-state index in [1.807, 2.05) is 36.4 Å². The third kappa shape index (κ3) is 2.81. The molecule has 0 atom stereocenters. The molecule has 5 aromatic carbocycles. The lowest BCUT2D eigenvalue weighted by Crippen LogP contribution is -2.02. The van der Waals surface area contributed by atoms with Crippen LogP contribution in [0.25, 0.3) is 55.0 Å². The molecule has 1 nitrogen and oxygen atoms in total. The normalized spacial score (nSPS) is 11.5. The Morgan fingerprint density at radius 2 is 1.13 bits per heavy atom. The molecule has 0 saturated heterocycles. The highest BCUT2D eigenvalue weighted by atomic mass is 16.3. The van der Waals surface area contributed by atoms with Crippen molar-refractivity contribution in [1.29, 1.82) is 0 Å². The lowest BCUT2D eigenvalue weighted by Gasteiger charge is -2.10. The maximum atomic E-state index is 6.31. The number of furan rings is 1. The summed E-state index contributed by atoms with van der Waals surface area (Å²) < 4.78 is 5.98. The van der Waals surface area contributed by atoms with Gasteiger partial charge in [-0.05, 0) is 63.4 Å². The van der Waals surface area contributed by atoms with Crippen molar-refractivity contribution >= 4 is 46.0 Å². The first-order valence-corrected chi connectivity index (χ1v) is 10.1. The minimum Gasteiger partial charge on any atom is -0.456 e. The molecule has 2 radical (unpaired) electrons. The molecule has 0 aliphatic heterocycles. The fourth-order valence-electron chi connectivity index (χ4n) is 4.26. The summed E-state index contributed by atoms with van der Waals surface area (Å²) in [6.45, 7) is 0. The second-order valence-electron chi connectivity index (χ2n) is 7.71. The maximum Gasteiger partial charge on any atom is 0.135 e. The summed E-state index contributed by atoms with van der Waals surface area (Å²) >= 11 is 0. The summed E-state index contributed by atoms with van der Waals surface area (Å²) in [6, 6.07) is 35.7. The van der Waals surface area contributed by atoms with Crippen molar-refractivity contribution < 1.29 is 4.42 Å². The lowest BCUT2D eigenvalue weighted by atomic mass is 9.87. The van der Waals surface area contributed by atoms with Crippen LogP contribution in [0.15, 0.2) is 108 Å². The third-order valence-corrected chi connectivity index (χ3v) is 5.75. The van der Waals surface area contributed by atoms with Gasteiger partial charge in [0, 0.05) is 10.8 Å². The van der Waals surface area contributed by atoms with E-state index in [0.717, 1.165) is 49.7 Å². The van der Waals surface area contributed by atoms with E-state index in [-0.39, 0.29) is 0 Å². The molecule has 0 bridgehead atoms. The van der Waals surface area contributed by atoms with Crippen molar-refractivity contribution in [2.75, 3.05) is 0 Å². The Kier molecular flexibility index (Phi) is 3.79. The van der Waals surface area contributed by atoms with E-state index < -0.39 is 0 Å². The molecular formula is C28H17BO. The average molecular weight is 380 g/mol. The monoisotopic (exact) mass is 380 g/mol. The van der Waals surface area contributed by atoms with Crippen LogP contribution in [-0.4, -0.2) is 7.85 Å². The molecule has 6 rings (SSSR count). The summed E-state index contributed by atoms with van der Waals surface area (Å²) in [4.78, 5) is 0. The van der Waals surface area contributed by atoms with E-state index in [4.69, 9.17) is 12.3 Å². The maximum absolute atomic E-state index is 6.31. The minimum absolute atomic E-state index is 0.757. The molecule has 0 unspecified atom stereocenters. The van der Waals surface area contributed by atoms with Crippen molar-refractivity contribution in [3.05, 3.63) is 103 Å². The molecule has 1 aromatic heterocycles. The number of hydrogen-bond donors (Lipinski definition) is 0. The van der Waals surface area contributed by atoms with Crippen molar-refractivity contribution in [2.45, 2.75) is 0 Å². The van der Waals surface area contributed by atoms with Crippen LogP contribution in [0.3, 0.4) is 0 Å². The number of hydrogen-bond acceptors (Lipinski definition) is 1. The van der Waals surface area contributed by atoms with Crippen LogP contribution in [0.4, 0.5) is 0 Å². The Balaban J connectivity index is 1.51. The highest BCUT2D eigenvalue weighted by molar-refractivity contribution is 6.33. The Bertz CT molecular complexity index is 1560. The average Bonchev–Trinajstić information content (AvgIpc) is 3.16. The first-order valence-electron chi connectivity index (χ1n) is 10.1. The molecule has 1 heterocycles. The predicted molar refractivity (Wildman–Crippen MR) is 127 cm³/mol. The van der Waals surface area contributed by atoms with E-state index >= 15 is 0 Å². The predicted octanol–water partition coefficient (Wildman–Crippen LogP) is 6.87. The summed E-state index contributed by atoms with van der Waals surface area (Å²) in [5.41, 5.74) is 7.08. The van der Waals surface area contributed by atoms with Crippen molar-refractivity contribution in [3.8, 4) is 22.3 Å². The Morgan fingerprint density at radius 1 is 0.467 bits per heavy atom. The van der Waals surface area contributed by atoms with E-state index in [1.54, 1.807) is 0 Å². The van der Waals surface area contributed by atoms with Crippen LogP contribution in [0, 0.1) is 0 Å². The summed E-state index contributed by atoms with van der Waals surface area (Å²) in [7, 11) is 6.31. The number of para-hydroxylation sites is 1. The van der Waals surface area contributed by atoms with Gasteiger partial charge in [-0.15, -0.1) is 0 Å². The van der Waals surface area contributed by atoms with Gasteiger partial charge >= 0.3 is 0 Å². The second-order valence-corrected chi connectivity index (χ2v) is 7.71. The van der Waals surface area contributed by atoms with Gasteiger partial charge in [-0.3, -0.25) is 0 Å². The number of fused-ring (bicyclic) bond motifs is 4. The van der Waals surface area contributed by atoms with Crippen LogP contribution in [0.1, 0.15) is 0 Å². The molecule has 0 aliphatic rings.